The zero-order valence-electron chi connectivity index (χ0n) is 11.5. The van der Waals surface area contributed by atoms with Crippen molar-refractivity contribution in [3.8, 4) is 0 Å². The highest BCUT2D eigenvalue weighted by atomic mass is 19.4. The summed E-state index contributed by atoms with van der Waals surface area (Å²) in [6.07, 6.45) is -5.39. The quantitative estimate of drug-likeness (QED) is 0.925. The largest absolute Gasteiger partial charge is 0.416 e. The highest BCUT2D eigenvalue weighted by Gasteiger charge is 2.30. The van der Waals surface area contributed by atoms with Crippen LogP contribution in [-0.4, -0.2) is 18.7 Å². The molecule has 2 aromatic carbocycles. The van der Waals surface area contributed by atoms with Crippen LogP contribution in [0.2, 0.25) is 0 Å². The Morgan fingerprint density at radius 1 is 1.05 bits per heavy atom. The van der Waals surface area contributed by atoms with Crippen LogP contribution < -0.4 is 4.90 Å². The Morgan fingerprint density at radius 2 is 1.71 bits per heavy atom. The van der Waals surface area contributed by atoms with Gasteiger partial charge in [0.15, 0.2) is 0 Å². The second-order valence-electron chi connectivity index (χ2n) is 4.86. The lowest BCUT2D eigenvalue weighted by atomic mass is 10.1. The summed E-state index contributed by atoms with van der Waals surface area (Å²) in [5, 5.41) is 10.1. The van der Waals surface area contributed by atoms with Gasteiger partial charge in [0.1, 0.15) is 0 Å². The number of nitrogens with zero attached hydrogens (tertiary/aromatic N) is 1. The molecule has 0 aliphatic rings. The summed E-state index contributed by atoms with van der Waals surface area (Å²) in [7, 11) is 1.78. The summed E-state index contributed by atoms with van der Waals surface area (Å²) in [5.41, 5.74) is 0.401. The SMILES string of the molecule is CN(CC(O)c1cccc(C(F)(F)F)c1)c1ccccc1. The predicted octanol–water partition coefficient (Wildman–Crippen LogP) is 3.88. The molecule has 112 valence electrons. The van der Waals surface area contributed by atoms with Gasteiger partial charge in [-0.1, -0.05) is 30.3 Å². The Hall–Kier alpha value is -2.01. The molecule has 0 aromatic heterocycles. The molecule has 0 heterocycles. The molecular formula is C16H16F3NO. The number of benzene rings is 2. The minimum Gasteiger partial charge on any atom is -0.387 e. The van der Waals surface area contributed by atoms with E-state index in [1.54, 1.807) is 11.9 Å². The number of alkyl halides is 3. The Morgan fingerprint density at radius 3 is 2.33 bits per heavy atom. The van der Waals surface area contributed by atoms with E-state index in [0.29, 0.717) is 0 Å². The van der Waals surface area contributed by atoms with Crippen LogP contribution in [-0.2, 0) is 6.18 Å². The number of aliphatic hydroxyl groups excluding tert-OH is 1. The first-order chi connectivity index (χ1) is 9.88. The van der Waals surface area contributed by atoms with E-state index in [-0.39, 0.29) is 12.1 Å². The first-order valence-corrected chi connectivity index (χ1v) is 6.49. The minimum atomic E-state index is -4.40. The van der Waals surface area contributed by atoms with Crippen LogP contribution in [0.15, 0.2) is 54.6 Å². The molecule has 0 amide bonds. The van der Waals surface area contributed by atoms with Gasteiger partial charge >= 0.3 is 6.18 Å². The lowest BCUT2D eigenvalue weighted by Crippen LogP contribution is -2.24. The van der Waals surface area contributed by atoms with Gasteiger partial charge in [-0.3, -0.25) is 0 Å². The molecule has 5 heteroatoms. The number of hydrogen-bond acceptors (Lipinski definition) is 2. The minimum absolute atomic E-state index is 0.214. The first-order valence-electron chi connectivity index (χ1n) is 6.49. The van der Waals surface area contributed by atoms with Crippen molar-refractivity contribution >= 4 is 5.69 Å². The summed E-state index contributed by atoms with van der Waals surface area (Å²) < 4.78 is 38.0. The van der Waals surface area contributed by atoms with Crippen molar-refractivity contribution < 1.29 is 18.3 Å². The van der Waals surface area contributed by atoms with Crippen LogP contribution in [0, 0.1) is 0 Å². The van der Waals surface area contributed by atoms with Crippen molar-refractivity contribution in [3.63, 3.8) is 0 Å². The molecule has 0 bridgehead atoms. The monoisotopic (exact) mass is 295 g/mol. The van der Waals surface area contributed by atoms with Crippen molar-refractivity contribution in [3.05, 3.63) is 65.7 Å². The molecule has 0 aliphatic heterocycles. The normalized spacial score (nSPS) is 13.0. The van der Waals surface area contributed by atoms with Crippen molar-refractivity contribution in [2.75, 3.05) is 18.5 Å². The third kappa shape index (κ3) is 3.98. The average molecular weight is 295 g/mol. The number of likely N-dealkylation sites (N-methyl/N-ethyl adjacent to an activating group) is 1. The molecule has 0 spiro atoms. The summed E-state index contributed by atoms with van der Waals surface area (Å²) in [6.45, 7) is 0.214. The topological polar surface area (TPSA) is 23.5 Å². The van der Waals surface area contributed by atoms with Gasteiger partial charge in [-0.15, -0.1) is 0 Å². The van der Waals surface area contributed by atoms with Crippen molar-refractivity contribution in [1.29, 1.82) is 0 Å². The van der Waals surface area contributed by atoms with E-state index in [9.17, 15) is 18.3 Å². The smallest absolute Gasteiger partial charge is 0.387 e. The number of aliphatic hydroxyl groups is 1. The summed E-state index contributed by atoms with van der Waals surface area (Å²) in [6, 6.07) is 14.1. The molecule has 0 aliphatic carbocycles. The third-order valence-corrected chi connectivity index (χ3v) is 3.24. The lowest BCUT2D eigenvalue weighted by molar-refractivity contribution is -0.137. The van der Waals surface area contributed by atoms with Crippen LogP contribution in [0.5, 0.6) is 0 Å². The van der Waals surface area contributed by atoms with E-state index in [1.165, 1.54) is 12.1 Å². The zero-order chi connectivity index (χ0) is 15.5. The maximum atomic E-state index is 12.7. The highest BCUT2D eigenvalue weighted by molar-refractivity contribution is 5.45. The van der Waals surface area contributed by atoms with Crippen LogP contribution in [0.4, 0.5) is 18.9 Å². The van der Waals surface area contributed by atoms with Crippen LogP contribution in [0.25, 0.3) is 0 Å². The molecule has 2 rings (SSSR count). The van der Waals surface area contributed by atoms with Gasteiger partial charge in [0.25, 0.3) is 0 Å². The Balaban J connectivity index is 2.12. The van der Waals surface area contributed by atoms with E-state index >= 15 is 0 Å². The average Bonchev–Trinajstić information content (AvgIpc) is 2.47. The number of halogens is 3. The molecule has 0 saturated heterocycles. The van der Waals surface area contributed by atoms with Crippen LogP contribution in [0.1, 0.15) is 17.2 Å². The van der Waals surface area contributed by atoms with Gasteiger partial charge < -0.3 is 10.0 Å². The molecule has 2 aromatic rings. The summed E-state index contributed by atoms with van der Waals surface area (Å²) >= 11 is 0. The first kappa shape index (κ1) is 15.4. The summed E-state index contributed by atoms with van der Waals surface area (Å²) in [4.78, 5) is 1.80. The fourth-order valence-corrected chi connectivity index (χ4v) is 2.07. The van der Waals surface area contributed by atoms with Gasteiger partial charge in [0, 0.05) is 19.3 Å². The maximum absolute atomic E-state index is 12.7. The van der Waals surface area contributed by atoms with E-state index in [0.717, 1.165) is 17.8 Å². The van der Waals surface area contributed by atoms with Crippen LogP contribution in [0.3, 0.4) is 0 Å². The molecule has 0 saturated carbocycles. The second kappa shape index (κ2) is 6.18. The molecule has 2 nitrogen and oxygen atoms in total. The Kier molecular flexibility index (Phi) is 4.53. The van der Waals surface area contributed by atoms with Crippen molar-refractivity contribution in [1.82, 2.24) is 0 Å². The molecule has 1 atom stereocenters. The van der Waals surface area contributed by atoms with Gasteiger partial charge in [-0.2, -0.15) is 13.2 Å². The second-order valence-corrected chi connectivity index (χ2v) is 4.86. The Bertz CT molecular complexity index is 584. The van der Waals surface area contributed by atoms with E-state index in [1.807, 2.05) is 30.3 Å². The number of anilines is 1. The molecule has 0 radical (unpaired) electrons. The lowest BCUT2D eigenvalue weighted by Gasteiger charge is -2.23. The van der Waals surface area contributed by atoms with Gasteiger partial charge in [0.05, 0.1) is 11.7 Å². The molecule has 0 fully saturated rings. The van der Waals surface area contributed by atoms with E-state index in [4.69, 9.17) is 0 Å². The van der Waals surface area contributed by atoms with E-state index < -0.39 is 17.8 Å². The predicted molar refractivity (Wildman–Crippen MR) is 76.1 cm³/mol. The number of rotatable bonds is 4. The molecule has 1 N–H and O–H groups in total. The van der Waals surface area contributed by atoms with Crippen LogP contribution >= 0.6 is 0 Å². The fourth-order valence-electron chi connectivity index (χ4n) is 2.07. The van der Waals surface area contributed by atoms with Crippen molar-refractivity contribution in [2.24, 2.45) is 0 Å². The van der Waals surface area contributed by atoms with Gasteiger partial charge in [-0.25, -0.2) is 0 Å². The zero-order valence-corrected chi connectivity index (χ0v) is 11.5. The Labute approximate surface area is 121 Å². The molecule has 21 heavy (non-hydrogen) atoms. The fraction of sp³-hybridized carbons (Fsp3) is 0.250. The maximum Gasteiger partial charge on any atom is 0.416 e. The van der Waals surface area contributed by atoms with Gasteiger partial charge in [0.2, 0.25) is 0 Å². The highest BCUT2D eigenvalue weighted by Crippen LogP contribution is 2.31. The van der Waals surface area contributed by atoms with Crippen molar-refractivity contribution in [2.45, 2.75) is 12.3 Å². The van der Waals surface area contributed by atoms with E-state index in [2.05, 4.69) is 0 Å². The molecule has 1 unspecified atom stereocenters. The number of hydrogen-bond donors (Lipinski definition) is 1. The number of para-hydroxylation sites is 1. The standard InChI is InChI=1S/C16H16F3NO/c1-20(14-8-3-2-4-9-14)11-15(21)12-6-5-7-13(10-12)16(17,18)19/h2-10,15,21H,11H2,1H3. The molecular weight excluding hydrogens is 279 g/mol. The third-order valence-electron chi connectivity index (χ3n) is 3.24. The summed E-state index contributed by atoms with van der Waals surface area (Å²) in [5.74, 6) is 0. The van der Waals surface area contributed by atoms with Gasteiger partial charge in [-0.05, 0) is 29.8 Å².